The molecular formula is C18H18FIN4O2. The summed E-state index contributed by atoms with van der Waals surface area (Å²) in [6.07, 6.45) is 0. The van der Waals surface area contributed by atoms with Gasteiger partial charge in [-0.05, 0) is 29.8 Å². The number of nitriles is 1. The average molecular weight is 468 g/mol. The predicted molar refractivity (Wildman–Crippen MR) is 106 cm³/mol. The molecule has 8 heteroatoms. The second-order valence-corrected chi connectivity index (χ2v) is 5.38. The third kappa shape index (κ3) is 4.76. The van der Waals surface area contributed by atoms with Gasteiger partial charge in [0.15, 0.2) is 17.5 Å². The smallest absolute Gasteiger partial charge is 0.231 e. The van der Waals surface area contributed by atoms with E-state index in [1.165, 1.54) is 6.07 Å². The quantitative estimate of drug-likeness (QED) is 0.410. The Morgan fingerprint density at radius 2 is 1.92 bits per heavy atom. The van der Waals surface area contributed by atoms with Crippen molar-refractivity contribution in [2.75, 3.05) is 13.8 Å². The normalized spacial score (nSPS) is 12.1. The largest absolute Gasteiger partial charge is 0.454 e. The van der Waals surface area contributed by atoms with Crippen molar-refractivity contribution in [2.24, 2.45) is 4.99 Å². The summed E-state index contributed by atoms with van der Waals surface area (Å²) in [4.78, 5) is 4.12. The number of rotatable bonds is 4. The highest BCUT2D eigenvalue weighted by Gasteiger charge is 2.13. The summed E-state index contributed by atoms with van der Waals surface area (Å²) in [5, 5.41) is 15.0. The van der Waals surface area contributed by atoms with Crippen LogP contribution in [0, 0.1) is 17.1 Å². The number of hydrogen-bond acceptors (Lipinski definition) is 4. The van der Waals surface area contributed by atoms with E-state index in [9.17, 15) is 4.39 Å². The van der Waals surface area contributed by atoms with Crippen LogP contribution in [0.3, 0.4) is 0 Å². The first-order valence-corrected chi connectivity index (χ1v) is 7.71. The van der Waals surface area contributed by atoms with E-state index in [0.717, 1.165) is 17.1 Å². The zero-order valence-electron chi connectivity index (χ0n) is 14.1. The lowest BCUT2D eigenvalue weighted by Gasteiger charge is -2.13. The van der Waals surface area contributed by atoms with E-state index < -0.39 is 5.82 Å². The first-order chi connectivity index (χ1) is 12.2. The SMILES string of the molecule is CN=C(NCc1ccc2c(c1)OCO2)NCc1ccc(C#N)cc1F.I. The molecule has 0 saturated carbocycles. The van der Waals surface area contributed by atoms with Gasteiger partial charge in [-0.1, -0.05) is 12.1 Å². The van der Waals surface area contributed by atoms with Gasteiger partial charge in [0.1, 0.15) is 5.82 Å². The van der Waals surface area contributed by atoms with Gasteiger partial charge in [0.2, 0.25) is 6.79 Å². The van der Waals surface area contributed by atoms with Crippen molar-refractivity contribution in [1.29, 1.82) is 5.26 Å². The molecule has 26 heavy (non-hydrogen) atoms. The maximum atomic E-state index is 13.9. The minimum Gasteiger partial charge on any atom is -0.454 e. The highest BCUT2D eigenvalue weighted by atomic mass is 127. The Morgan fingerprint density at radius 1 is 1.15 bits per heavy atom. The second-order valence-electron chi connectivity index (χ2n) is 5.38. The van der Waals surface area contributed by atoms with Crippen molar-refractivity contribution in [2.45, 2.75) is 13.1 Å². The summed E-state index contributed by atoms with van der Waals surface area (Å²) in [6.45, 7) is 1.04. The first-order valence-electron chi connectivity index (χ1n) is 7.71. The maximum absolute atomic E-state index is 13.9. The van der Waals surface area contributed by atoms with Crippen LogP contribution in [0.4, 0.5) is 4.39 Å². The van der Waals surface area contributed by atoms with Crippen molar-refractivity contribution in [3.05, 3.63) is 58.9 Å². The number of guanidine groups is 1. The molecule has 2 N–H and O–H groups in total. The molecule has 0 bridgehead atoms. The monoisotopic (exact) mass is 468 g/mol. The predicted octanol–water partition coefficient (Wildman–Crippen LogP) is 2.91. The van der Waals surface area contributed by atoms with E-state index >= 15 is 0 Å². The third-order valence-corrected chi connectivity index (χ3v) is 3.75. The highest BCUT2D eigenvalue weighted by Crippen LogP contribution is 2.32. The van der Waals surface area contributed by atoms with E-state index in [2.05, 4.69) is 15.6 Å². The number of hydrogen-bond donors (Lipinski definition) is 2. The van der Waals surface area contributed by atoms with Gasteiger partial charge in [-0.15, -0.1) is 24.0 Å². The Kier molecular flexibility index (Phi) is 7.03. The minimum absolute atomic E-state index is 0. The molecule has 2 aromatic carbocycles. The Balaban J connectivity index is 0.00000243. The molecule has 1 aliphatic rings. The molecule has 0 unspecified atom stereocenters. The van der Waals surface area contributed by atoms with Crippen LogP contribution < -0.4 is 20.1 Å². The number of halogens is 2. The summed E-state index contributed by atoms with van der Waals surface area (Å²) < 4.78 is 24.5. The molecule has 1 aliphatic heterocycles. The number of benzene rings is 2. The average Bonchev–Trinajstić information content (AvgIpc) is 3.10. The van der Waals surface area contributed by atoms with Crippen LogP contribution in [-0.2, 0) is 13.1 Å². The number of nitrogens with one attached hydrogen (secondary N) is 2. The number of ether oxygens (including phenoxy) is 2. The standard InChI is InChI=1S/C18H17FN4O2.HI/c1-21-18(23-10-14-4-2-12(8-20)6-15(14)19)22-9-13-3-5-16-17(7-13)25-11-24-16;/h2-7H,9-11H2,1H3,(H2,21,22,23);1H. The molecule has 0 atom stereocenters. The van der Waals surface area contributed by atoms with Crippen LogP contribution >= 0.6 is 24.0 Å². The minimum atomic E-state index is -0.419. The van der Waals surface area contributed by atoms with E-state index in [-0.39, 0.29) is 37.3 Å². The summed E-state index contributed by atoms with van der Waals surface area (Å²) >= 11 is 0. The molecule has 0 fully saturated rings. The van der Waals surface area contributed by atoms with Crippen LogP contribution in [-0.4, -0.2) is 19.8 Å². The van der Waals surface area contributed by atoms with Gasteiger partial charge in [-0.25, -0.2) is 4.39 Å². The molecule has 0 saturated heterocycles. The molecule has 136 valence electrons. The van der Waals surface area contributed by atoms with Crippen molar-refractivity contribution in [3.8, 4) is 17.6 Å². The van der Waals surface area contributed by atoms with Crippen LogP contribution in [0.5, 0.6) is 11.5 Å². The zero-order chi connectivity index (χ0) is 17.6. The molecule has 0 spiro atoms. The van der Waals surface area contributed by atoms with Gasteiger partial charge >= 0.3 is 0 Å². The topological polar surface area (TPSA) is 78.7 Å². The molecule has 0 radical (unpaired) electrons. The first kappa shape index (κ1) is 19.8. The summed E-state index contributed by atoms with van der Waals surface area (Å²) in [7, 11) is 1.64. The van der Waals surface area contributed by atoms with Crippen LogP contribution in [0.2, 0.25) is 0 Å². The molecule has 3 rings (SSSR count). The lowest BCUT2D eigenvalue weighted by molar-refractivity contribution is 0.174. The van der Waals surface area contributed by atoms with E-state index in [1.54, 1.807) is 19.2 Å². The molecule has 0 amide bonds. The van der Waals surface area contributed by atoms with Gasteiger partial charge in [0.25, 0.3) is 0 Å². The van der Waals surface area contributed by atoms with Gasteiger partial charge in [-0.2, -0.15) is 5.26 Å². The molecule has 6 nitrogen and oxygen atoms in total. The molecule has 0 aliphatic carbocycles. The van der Waals surface area contributed by atoms with Gasteiger partial charge in [-0.3, -0.25) is 4.99 Å². The van der Waals surface area contributed by atoms with Crippen molar-refractivity contribution in [3.63, 3.8) is 0 Å². The third-order valence-electron chi connectivity index (χ3n) is 3.75. The van der Waals surface area contributed by atoms with Crippen molar-refractivity contribution < 1.29 is 13.9 Å². The summed E-state index contributed by atoms with van der Waals surface area (Å²) in [5.74, 6) is 1.59. The Labute approximate surface area is 168 Å². The molecule has 2 aromatic rings. The maximum Gasteiger partial charge on any atom is 0.231 e. The summed E-state index contributed by atoms with van der Waals surface area (Å²) in [5.41, 5.74) is 1.77. The highest BCUT2D eigenvalue weighted by molar-refractivity contribution is 14.0. The molecule has 1 heterocycles. The number of aliphatic imine (C=N–C) groups is 1. The van der Waals surface area contributed by atoms with Gasteiger partial charge in [0, 0.05) is 25.7 Å². The van der Waals surface area contributed by atoms with Gasteiger partial charge < -0.3 is 20.1 Å². The fraction of sp³-hybridized carbons (Fsp3) is 0.222. The number of fused-ring (bicyclic) bond motifs is 1. The van der Waals surface area contributed by atoms with Crippen LogP contribution in [0.25, 0.3) is 0 Å². The van der Waals surface area contributed by atoms with Crippen LogP contribution in [0.15, 0.2) is 41.4 Å². The zero-order valence-corrected chi connectivity index (χ0v) is 16.4. The van der Waals surface area contributed by atoms with Crippen molar-refractivity contribution in [1.82, 2.24) is 10.6 Å². The fourth-order valence-corrected chi connectivity index (χ4v) is 2.40. The molecule has 0 aromatic heterocycles. The molecular weight excluding hydrogens is 450 g/mol. The van der Waals surface area contributed by atoms with E-state index in [4.69, 9.17) is 14.7 Å². The van der Waals surface area contributed by atoms with E-state index in [0.29, 0.717) is 23.6 Å². The Bertz CT molecular complexity index is 852. The van der Waals surface area contributed by atoms with E-state index in [1.807, 2.05) is 24.3 Å². The lowest BCUT2D eigenvalue weighted by atomic mass is 10.1. The fourth-order valence-electron chi connectivity index (χ4n) is 2.40. The summed E-state index contributed by atoms with van der Waals surface area (Å²) in [6, 6.07) is 12.0. The number of nitrogens with zero attached hydrogens (tertiary/aromatic N) is 2. The Hall–Kier alpha value is -2.54. The second kappa shape index (κ2) is 9.24. The van der Waals surface area contributed by atoms with Gasteiger partial charge in [0.05, 0.1) is 11.6 Å². The Morgan fingerprint density at radius 3 is 2.65 bits per heavy atom. The van der Waals surface area contributed by atoms with Crippen LogP contribution in [0.1, 0.15) is 16.7 Å². The lowest BCUT2D eigenvalue weighted by Crippen LogP contribution is -2.36. The van der Waals surface area contributed by atoms with Crippen molar-refractivity contribution >= 4 is 29.9 Å².